The molecule has 1 fully saturated rings. The molecule has 3 N–H and O–H groups in total. The fourth-order valence-electron chi connectivity index (χ4n) is 3.04. The molecule has 5 heteroatoms. The second kappa shape index (κ2) is 4.56. The standard InChI is InChI=1S/C14H18FNO3/c15-9-8-10-13(19-7-6-18-10)11(12(9)17)14(16)4-2-1-3-5-14/h8,17H,1-7,16H2. The van der Waals surface area contributed by atoms with Gasteiger partial charge in [0.2, 0.25) is 0 Å². The molecule has 1 aromatic carbocycles. The lowest BCUT2D eigenvalue weighted by atomic mass is 9.76. The van der Waals surface area contributed by atoms with Crippen molar-refractivity contribution in [2.75, 3.05) is 13.2 Å². The van der Waals surface area contributed by atoms with E-state index >= 15 is 0 Å². The number of halogens is 1. The summed E-state index contributed by atoms with van der Waals surface area (Å²) in [5.41, 5.74) is 6.06. The summed E-state index contributed by atoms with van der Waals surface area (Å²) in [5, 5.41) is 10.1. The van der Waals surface area contributed by atoms with Crippen molar-refractivity contribution in [3.63, 3.8) is 0 Å². The molecule has 0 aromatic heterocycles. The molecule has 1 aromatic rings. The molecular weight excluding hydrogens is 249 g/mol. The third-order valence-corrected chi connectivity index (χ3v) is 4.00. The van der Waals surface area contributed by atoms with E-state index in [2.05, 4.69) is 0 Å². The van der Waals surface area contributed by atoms with Crippen LogP contribution in [0, 0.1) is 5.82 Å². The smallest absolute Gasteiger partial charge is 0.170 e. The predicted molar refractivity (Wildman–Crippen MR) is 68.0 cm³/mol. The van der Waals surface area contributed by atoms with Gasteiger partial charge in [0, 0.05) is 11.6 Å². The van der Waals surface area contributed by atoms with Crippen LogP contribution in [-0.4, -0.2) is 18.3 Å². The Hall–Kier alpha value is -1.49. The fourth-order valence-corrected chi connectivity index (χ4v) is 3.04. The SMILES string of the molecule is NC1(c2c(O)c(F)cc3c2OCCO3)CCCCC1. The quantitative estimate of drug-likeness (QED) is 0.820. The van der Waals surface area contributed by atoms with E-state index in [1.54, 1.807) is 0 Å². The highest BCUT2D eigenvalue weighted by Gasteiger charge is 2.38. The number of phenols is 1. The fraction of sp³-hybridized carbons (Fsp3) is 0.571. The summed E-state index contributed by atoms with van der Waals surface area (Å²) >= 11 is 0. The first-order valence-corrected chi connectivity index (χ1v) is 6.72. The van der Waals surface area contributed by atoms with Crippen LogP contribution in [0.5, 0.6) is 17.2 Å². The first-order chi connectivity index (χ1) is 9.12. The number of aromatic hydroxyl groups is 1. The Kier molecular flexibility index (Phi) is 3.01. The zero-order valence-corrected chi connectivity index (χ0v) is 10.7. The van der Waals surface area contributed by atoms with Gasteiger partial charge in [-0.3, -0.25) is 0 Å². The molecule has 104 valence electrons. The molecule has 1 saturated carbocycles. The van der Waals surface area contributed by atoms with Crippen LogP contribution >= 0.6 is 0 Å². The largest absolute Gasteiger partial charge is 0.504 e. The van der Waals surface area contributed by atoms with Crippen LogP contribution in [0.4, 0.5) is 4.39 Å². The van der Waals surface area contributed by atoms with E-state index in [0.717, 1.165) is 32.1 Å². The molecule has 1 aliphatic carbocycles. The Balaban J connectivity index is 2.15. The average Bonchev–Trinajstić information content (AvgIpc) is 2.40. The summed E-state index contributed by atoms with van der Waals surface area (Å²) in [6.45, 7) is 0.773. The first kappa shape index (κ1) is 12.5. The number of nitrogens with two attached hydrogens (primary N) is 1. The van der Waals surface area contributed by atoms with E-state index in [9.17, 15) is 9.50 Å². The van der Waals surface area contributed by atoms with E-state index in [4.69, 9.17) is 15.2 Å². The van der Waals surface area contributed by atoms with E-state index in [-0.39, 0.29) is 0 Å². The van der Waals surface area contributed by atoms with Gasteiger partial charge < -0.3 is 20.3 Å². The van der Waals surface area contributed by atoms with Crippen molar-refractivity contribution >= 4 is 0 Å². The normalized spacial score (nSPS) is 21.2. The summed E-state index contributed by atoms with van der Waals surface area (Å²) < 4.78 is 24.8. The Morgan fingerprint density at radius 3 is 2.58 bits per heavy atom. The summed E-state index contributed by atoms with van der Waals surface area (Å²) in [6, 6.07) is 1.17. The van der Waals surface area contributed by atoms with Gasteiger partial charge in [0.1, 0.15) is 13.2 Å². The lowest BCUT2D eigenvalue weighted by molar-refractivity contribution is 0.160. The van der Waals surface area contributed by atoms with Crippen molar-refractivity contribution < 1.29 is 19.0 Å². The van der Waals surface area contributed by atoms with Crippen LogP contribution in [0.1, 0.15) is 37.7 Å². The zero-order chi connectivity index (χ0) is 13.5. The molecule has 0 spiro atoms. The Morgan fingerprint density at radius 2 is 1.84 bits per heavy atom. The zero-order valence-electron chi connectivity index (χ0n) is 10.7. The average molecular weight is 267 g/mol. The van der Waals surface area contributed by atoms with Gasteiger partial charge in [-0.05, 0) is 12.8 Å². The predicted octanol–water partition coefficient (Wildman–Crippen LogP) is 2.42. The third-order valence-electron chi connectivity index (χ3n) is 4.00. The minimum absolute atomic E-state index is 0.340. The Bertz CT molecular complexity index is 498. The number of fused-ring (bicyclic) bond motifs is 1. The van der Waals surface area contributed by atoms with Gasteiger partial charge in [-0.1, -0.05) is 19.3 Å². The van der Waals surface area contributed by atoms with Gasteiger partial charge in [0.05, 0.1) is 5.56 Å². The van der Waals surface area contributed by atoms with Gasteiger partial charge in [0.15, 0.2) is 23.1 Å². The Labute approximate surface area is 111 Å². The molecule has 1 aliphatic heterocycles. The van der Waals surface area contributed by atoms with Gasteiger partial charge >= 0.3 is 0 Å². The molecule has 19 heavy (non-hydrogen) atoms. The number of ether oxygens (including phenoxy) is 2. The number of hydrogen-bond donors (Lipinski definition) is 2. The van der Waals surface area contributed by atoms with Crippen molar-refractivity contribution in [1.29, 1.82) is 0 Å². The van der Waals surface area contributed by atoms with E-state index in [1.165, 1.54) is 6.07 Å². The van der Waals surface area contributed by atoms with E-state index in [0.29, 0.717) is 30.3 Å². The number of rotatable bonds is 1. The molecule has 0 bridgehead atoms. The molecular formula is C14H18FNO3. The molecule has 0 atom stereocenters. The van der Waals surface area contributed by atoms with E-state index < -0.39 is 17.1 Å². The third kappa shape index (κ3) is 2.02. The van der Waals surface area contributed by atoms with Crippen LogP contribution in [0.15, 0.2) is 6.07 Å². The van der Waals surface area contributed by atoms with Gasteiger partial charge in [-0.2, -0.15) is 0 Å². The summed E-state index contributed by atoms with van der Waals surface area (Å²) in [5.74, 6) is -0.343. The molecule has 3 rings (SSSR count). The molecule has 4 nitrogen and oxygen atoms in total. The first-order valence-electron chi connectivity index (χ1n) is 6.72. The van der Waals surface area contributed by atoms with Crippen LogP contribution in [-0.2, 0) is 5.54 Å². The van der Waals surface area contributed by atoms with E-state index in [1.807, 2.05) is 0 Å². The van der Waals surface area contributed by atoms with Crippen LogP contribution in [0.3, 0.4) is 0 Å². The number of benzene rings is 1. The van der Waals surface area contributed by atoms with Gasteiger partial charge in [-0.25, -0.2) is 4.39 Å². The van der Waals surface area contributed by atoms with Crippen molar-refractivity contribution in [3.8, 4) is 17.2 Å². The monoisotopic (exact) mass is 267 g/mol. The maximum Gasteiger partial charge on any atom is 0.170 e. The molecule has 0 amide bonds. The second-order valence-corrected chi connectivity index (χ2v) is 5.32. The Morgan fingerprint density at radius 1 is 1.16 bits per heavy atom. The maximum absolute atomic E-state index is 13.9. The molecule has 0 radical (unpaired) electrons. The number of hydrogen-bond acceptors (Lipinski definition) is 4. The highest BCUT2D eigenvalue weighted by atomic mass is 19.1. The topological polar surface area (TPSA) is 64.7 Å². The number of phenolic OH excluding ortho intramolecular Hbond substituents is 1. The molecule has 0 unspecified atom stereocenters. The lowest BCUT2D eigenvalue weighted by Crippen LogP contribution is -2.39. The lowest BCUT2D eigenvalue weighted by Gasteiger charge is -2.36. The molecule has 1 heterocycles. The summed E-state index contributed by atoms with van der Waals surface area (Å²) in [7, 11) is 0. The minimum atomic E-state index is -0.727. The summed E-state index contributed by atoms with van der Waals surface area (Å²) in [6.07, 6.45) is 4.51. The van der Waals surface area contributed by atoms with Crippen molar-refractivity contribution in [3.05, 3.63) is 17.4 Å². The van der Waals surface area contributed by atoms with Gasteiger partial charge in [0.25, 0.3) is 0 Å². The maximum atomic E-state index is 13.9. The van der Waals surface area contributed by atoms with Crippen molar-refractivity contribution in [2.45, 2.75) is 37.6 Å². The van der Waals surface area contributed by atoms with Gasteiger partial charge in [-0.15, -0.1) is 0 Å². The highest BCUT2D eigenvalue weighted by molar-refractivity contribution is 5.58. The van der Waals surface area contributed by atoms with Crippen LogP contribution in [0.25, 0.3) is 0 Å². The molecule has 2 aliphatic rings. The van der Waals surface area contributed by atoms with Crippen LogP contribution in [0.2, 0.25) is 0 Å². The minimum Gasteiger partial charge on any atom is -0.504 e. The highest BCUT2D eigenvalue weighted by Crippen LogP contribution is 2.49. The van der Waals surface area contributed by atoms with Crippen molar-refractivity contribution in [2.24, 2.45) is 5.73 Å². The molecule has 0 saturated heterocycles. The van der Waals surface area contributed by atoms with Crippen molar-refractivity contribution in [1.82, 2.24) is 0 Å². The summed E-state index contributed by atoms with van der Waals surface area (Å²) in [4.78, 5) is 0. The van der Waals surface area contributed by atoms with Crippen LogP contribution < -0.4 is 15.2 Å². The second-order valence-electron chi connectivity index (χ2n) is 5.32.